The van der Waals surface area contributed by atoms with E-state index in [0.717, 1.165) is 22.9 Å². The molecule has 0 unspecified atom stereocenters. The Hall–Kier alpha value is -2.49. The van der Waals surface area contributed by atoms with Crippen molar-refractivity contribution >= 4 is 23.2 Å². The van der Waals surface area contributed by atoms with Gasteiger partial charge in [-0.1, -0.05) is 11.6 Å². The fourth-order valence-electron chi connectivity index (χ4n) is 2.97. The fraction of sp³-hybridized carbons (Fsp3) is 0.278. The first-order valence-electron chi connectivity index (χ1n) is 7.82. The maximum Gasteiger partial charge on any atom is 0.238 e. The van der Waals surface area contributed by atoms with Gasteiger partial charge in [0.1, 0.15) is 11.9 Å². The number of carbonyl (C=O) groups is 1. The molecule has 1 aliphatic heterocycles. The number of halogens is 2. The highest BCUT2D eigenvalue weighted by Crippen LogP contribution is 2.23. The summed E-state index contributed by atoms with van der Waals surface area (Å²) in [6.07, 6.45) is 2.44. The third-order valence-electron chi connectivity index (χ3n) is 4.22. The van der Waals surface area contributed by atoms with Crippen LogP contribution in [0.4, 0.5) is 10.1 Å². The fourth-order valence-corrected chi connectivity index (χ4v) is 3.13. The quantitative estimate of drug-likeness (QED) is 0.915. The Morgan fingerprint density at radius 3 is 3.04 bits per heavy atom. The lowest BCUT2D eigenvalue weighted by atomic mass is 9.96. The number of aryl methyl sites for hydroxylation is 1. The van der Waals surface area contributed by atoms with Crippen LogP contribution in [0.1, 0.15) is 22.4 Å². The molecular weight excluding hydrogens is 343 g/mol. The first kappa shape index (κ1) is 17.3. The summed E-state index contributed by atoms with van der Waals surface area (Å²) >= 11 is 5.70. The van der Waals surface area contributed by atoms with E-state index < -0.39 is 5.82 Å². The molecule has 5 nitrogen and oxygen atoms in total. The molecular formula is C18H16ClFN4O. The number of nitrogens with zero attached hydrogens (tertiary/aromatic N) is 3. The summed E-state index contributed by atoms with van der Waals surface area (Å²) < 4.78 is 13.8. The molecule has 0 aliphatic carbocycles. The number of fused-ring (bicyclic) bond motifs is 1. The monoisotopic (exact) mass is 358 g/mol. The molecule has 0 saturated carbocycles. The van der Waals surface area contributed by atoms with Crippen LogP contribution in [0, 0.1) is 24.1 Å². The van der Waals surface area contributed by atoms with Gasteiger partial charge in [0.15, 0.2) is 0 Å². The van der Waals surface area contributed by atoms with Gasteiger partial charge in [0, 0.05) is 24.3 Å². The van der Waals surface area contributed by atoms with Crippen molar-refractivity contribution in [3.8, 4) is 6.07 Å². The number of nitrogens with one attached hydrogen (secondary N) is 1. The molecule has 1 aromatic heterocycles. The van der Waals surface area contributed by atoms with Crippen LogP contribution < -0.4 is 5.32 Å². The maximum absolute atomic E-state index is 13.8. The van der Waals surface area contributed by atoms with Crippen LogP contribution in [-0.2, 0) is 17.8 Å². The van der Waals surface area contributed by atoms with Crippen LogP contribution in [0.15, 0.2) is 24.4 Å². The van der Waals surface area contributed by atoms with Crippen molar-refractivity contribution in [2.45, 2.75) is 19.9 Å². The van der Waals surface area contributed by atoms with Gasteiger partial charge >= 0.3 is 0 Å². The number of rotatable bonds is 3. The number of carbonyl (C=O) groups excluding carboxylic acids is 1. The van der Waals surface area contributed by atoms with Crippen molar-refractivity contribution in [1.82, 2.24) is 9.88 Å². The average molecular weight is 359 g/mol. The van der Waals surface area contributed by atoms with Crippen LogP contribution in [0.5, 0.6) is 0 Å². The Morgan fingerprint density at radius 1 is 1.52 bits per heavy atom. The Bertz CT molecular complexity index is 878. The number of pyridine rings is 1. The molecule has 7 heteroatoms. The smallest absolute Gasteiger partial charge is 0.238 e. The summed E-state index contributed by atoms with van der Waals surface area (Å²) in [5.74, 6) is -0.867. The molecule has 0 radical (unpaired) electrons. The Balaban J connectivity index is 1.67. The van der Waals surface area contributed by atoms with E-state index in [4.69, 9.17) is 11.6 Å². The zero-order valence-corrected chi connectivity index (χ0v) is 14.4. The average Bonchev–Trinajstić information content (AvgIpc) is 2.57. The molecule has 1 aromatic carbocycles. The Kier molecular flexibility index (Phi) is 4.98. The molecule has 0 saturated heterocycles. The molecule has 128 valence electrons. The lowest BCUT2D eigenvalue weighted by Gasteiger charge is -2.28. The summed E-state index contributed by atoms with van der Waals surface area (Å²) in [7, 11) is 0. The largest absolute Gasteiger partial charge is 0.322 e. The molecule has 0 fully saturated rings. The third-order valence-corrected chi connectivity index (χ3v) is 4.46. The van der Waals surface area contributed by atoms with Gasteiger partial charge in [-0.15, -0.1) is 0 Å². The van der Waals surface area contributed by atoms with Gasteiger partial charge in [-0.2, -0.15) is 5.26 Å². The van der Waals surface area contributed by atoms with Crippen LogP contribution in [-0.4, -0.2) is 28.9 Å². The number of hydrogen-bond donors (Lipinski definition) is 1. The number of nitriles is 1. The van der Waals surface area contributed by atoms with E-state index in [1.165, 1.54) is 12.1 Å². The van der Waals surface area contributed by atoms with Crippen LogP contribution in [0.3, 0.4) is 0 Å². The highest BCUT2D eigenvalue weighted by Gasteiger charge is 2.22. The summed E-state index contributed by atoms with van der Waals surface area (Å²) in [4.78, 5) is 18.4. The highest BCUT2D eigenvalue weighted by atomic mass is 35.5. The van der Waals surface area contributed by atoms with E-state index in [9.17, 15) is 14.4 Å². The van der Waals surface area contributed by atoms with Crippen molar-refractivity contribution in [1.29, 1.82) is 5.26 Å². The Morgan fingerprint density at radius 2 is 2.32 bits per heavy atom. The van der Waals surface area contributed by atoms with Crippen LogP contribution >= 0.6 is 11.6 Å². The second-order valence-electron chi connectivity index (χ2n) is 5.97. The second kappa shape index (κ2) is 7.18. The molecule has 0 bridgehead atoms. The standard InChI is InChI=1S/C18H16ClFN4O/c1-11-15(7-21)14-4-5-24(9-12(14)8-22-11)10-18(25)23-17-3-2-13(19)6-16(17)20/h2-3,6,8H,4-5,9-10H2,1H3,(H,23,25). The van der Waals surface area contributed by atoms with Gasteiger partial charge in [0.2, 0.25) is 5.91 Å². The maximum atomic E-state index is 13.8. The minimum atomic E-state index is -0.567. The van der Waals surface area contributed by atoms with Crippen molar-refractivity contribution < 1.29 is 9.18 Å². The van der Waals surface area contributed by atoms with Gasteiger partial charge in [-0.25, -0.2) is 4.39 Å². The van der Waals surface area contributed by atoms with Crippen LogP contribution in [0.25, 0.3) is 0 Å². The van der Waals surface area contributed by atoms with Crippen LogP contribution in [0.2, 0.25) is 5.02 Å². The summed E-state index contributed by atoms with van der Waals surface area (Å²) in [5, 5.41) is 12.1. The van der Waals surface area contributed by atoms with Crippen molar-refractivity contribution in [3.63, 3.8) is 0 Å². The van der Waals surface area contributed by atoms with Gasteiger partial charge in [-0.3, -0.25) is 14.7 Å². The number of aromatic nitrogens is 1. The molecule has 0 spiro atoms. The second-order valence-corrected chi connectivity index (χ2v) is 6.40. The third kappa shape index (κ3) is 3.78. The van der Waals surface area contributed by atoms with Gasteiger partial charge in [0.05, 0.1) is 23.5 Å². The van der Waals surface area contributed by atoms with Gasteiger partial charge in [-0.05, 0) is 42.7 Å². The number of benzene rings is 1. The zero-order valence-electron chi connectivity index (χ0n) is 13.6. The van der Waals surface area contributed by atoms with E-state index in [0.29, 0.717) is 25.1 Å². The molecule has 25 heavy (non-hydrogen) atoms. The van der Waals surface area contributed by atoms with E-state index >= 15 is 0 Å². The minimum Gasteiger partial charge on any atom is -0.322 e. The van der Waals surface area contributed by atoms with E-state index in [2.05, 4.69) is 16.4 Å². The normalized spacial score (nSPS) is 13.8. The number of hydrogen-bond acceptors (Lipinski definition) is 4. The van der Waals surface area contributed by atoms with Gasteiger partial charge in [0.25, 0.3) is 0 Å². The Labute approximate surface area is 150 Å². The summed E-state index contributed by atoms with van der Waals surface area (Å²) in [6.45, 7) is 3.14. The zero-order chi connectivity index (χ0) is 18.0. The molecule has 1 aliphatic rings. The lowest BCUT2D eigenvalue weighted by Crippen LogP contribution is -2.37. The molecule has 1 N–H and O–H groups in total. The number of amides is 1. The van der Waals surface area contributed by atoms with E-state index in [1.807, 2.05) is 11.8 Å². The first-order chi connectivity index (χ1) is 12.0. The topological polar surface area (TPSA) is 69.0 Å². The highest BCUT2D eigenvalue weighted by molar-refractivity contribution is 6.30. The number of anilines is 1. The minimum absolute atomic E-state index is 0.107. The first-order valence-corrected chi connectivity index (χ1v) is 8.20. The lowest BCUT2D eigenvalue weighted by molar-refractivity contribution is -0.117. The van der Waals surface area contributed by atoms with E-state index in [1.54, 1.807) is 6.20 Å². The van der Waals surface area contributed by atoms with Crippen molar-refractivity contribution in [3.05, 3.63) is 57.6 Å². The van der Waals surface area contributed by atoms with Gasteiger partial charge < -0.3 is 5.32 Å². The van der Waals surface area contributed by atoms with Crippen molar-refractivity contribution in [2.24, 2.45) is 0 Å². The summed E-state index contributed by atoms with van der Waals surface area (Å²) in [6, 6.07) is 6.33. The predicted molar refractivity (Wildman–Crippen MR) is 92.7 cm³/mol. The molecule has 1 amide bonds. The molecule has 2 heterocycles. The van der Waals surface area contributed by atoms with E-state index in [-0.39, 0.29) is 23.2 Å². The predicted octanol–water partition coefficient (Wildman–Crippen LogP) is 3.05. The molecule has 3 rings (SSSR count). The van der Waals surface area contributed by atoms with Crippen molar-refractivity contribution in [2.75, 3.05) is 18.4 Å². The molecule has 0 atom stereocenters. The molecule has 2 aromatic rings. The SMILES string of the molecule is Cc1ncc2c(c1C#N)CCN(CC(=O)Nc1ccc(Cl)cc1F)C2. The summed E-state index contributed by atoms with van der Waals surface area (Å²) in [5.41, 5.74) is 3.43.